The SMILES string of the molecule is COc1cccc(C(=O)Nc2ccc(SC(C)C(=O)Nc3cc(C(=O)O)ccc3C)cc2)c1. The highest BCUT2D eigenvalue weighted by molar-refractivity contribution is 8.00. The average molecular weight is 465 g/mol. The number of thioether (sulfide) groups is 1. The van der Waals surface area contributed by atoms with E-state index in [4.69, 9.17) is 9.84 Å². The van der Waals surface area contributed by atoms with Crippen LogP contribution in [0.4, 0.5) is 11.4 Å². The van der Waals surface area contributed by atoms with E-state index in [-0.39, 0.29) is 17.4 Å². The topological polar surface area (TPSA) is 105 Å². The van der Waals surface area contributed by atoms with Crippen molar-refractivity contribution in [2.75, 3.05) is 17.7 Å². The van der Waals surface area contributed by atoms with Crippen molar-refractivity contribution < 1.29 is 24.2 Å². The van der Waals surface area contributed by atoms with Crippen molar-refractivity contribution >= 4 is 40.9 Å². The first-order chi connectivity index (χ1) is 15.8. The second-order valence-corrected chi connectivity index (χ2v) is 8.71. The van der Waals surface area contributed by atoms with Gasteiger partial charge >= 0.3 is 5.97 Å². The van der Waals surface area contributed by atoms with E-state index in [1.165, 1.54) is 23.9 Å². The molecule has 0 heterocycles. The van der Waals surface area contributed by atoms with Crippen LogP contribution in [0.1, 0.15) is 33.2 Å². The largest absolute Gasteiger partial charge is 0.497 e. The molecule has 0 spiro atoms. The number of anilines is 2. The van der Waals surface area contributed by atoms with Gasteiger partial charge in [0.25, 0.3) is 5.91 Å². The Hall–Kier alpha value is -3.78. The minimum atomic E-state index is -1.05. The molecule has 0 aliphatic carbocycles. The first kappa shape index (κ1) is 23.9. The molecule has 7 nitrogen and oxygen atoms in total. The summed E-state index contributed by atoms with van der Waals surface area (Å²) in [6, 6.07) is 18.7. The van der Waals surface area contributed by atoms with E-state index < -0.39 is 11.2 Å². The number of carboxylic acid groups (broad SMARTS) is 1. The van der Waals surface area contributed by atoms with Crippen LogP contribution in [0.15, 0.2) is 71.6 Å². The fourth-order valence-electron chi connectivity index (χ4n) is 2.97. The lowest BCUT2D eigenvalue weighted by atomic mass is 10.1. The van der Waals surface area contributed by atoms with Gasteiger partial charge in [-0.15, -0.1) is 11.8 Å². The van der Waals surface area contributed by atoms with Crippen LogP contribution >= 0.6 is 11.8 Å². The van der Waals surface area contributed by atoms with Crippen LogP contribution in [0, 0.1) is 6.92 Å². The summed E-state index contributed by atoms with van der Waals surface area (Å²) in [5.74, 6) is -0.930. The molecule has 0 radical (unpaired) electrons. The molecule has 0 aromatic heterocycles. The molecule has 3 N–H and O–H groups in total. The molecular weight excluding hydrogens is 440 g/mol. The standard InChI is InChI=1S/C25H24N2O5S/c1-15-7-8-18(25(30)31)14-22(15)27-23(28)16(2)33-21-11-9-19(10-12-21)26-24(29)17-5-4-6-20(13-17)32-3/h4-14,16H,1-3H3,(H,26,29)(H,27,28)(H,30,31). The zero-order valence-electron chi connectivity index (χ0n) is 18.4. The maximum absolute atomic E-state index is 12.6. The maximum Gasteiger partial charge on any atom is 0.335 e. The third-order valence-electron chi connectivity index (χ3n) is 4.87. The van der Waals surface area contributed by atoms with Crippen LogP contribution in [-0.4, -0.2) is 35.2 Å². The number of aryl methyl sites for hydroxylation is 1. The number of rotatable bonds is 8. The number of carbonyl (C=O) groups is 3. The number of benzene rings is 3. The number of carbonyl (C=O) groups excluding carboxylic acids is 2. The lowest BCUT2D eigenvalue weighted by Crippen LogP contribution is -2.23. The Morgan fingerprint density at radius 1 is 0.939 bits per heavy atom. The molecule has 0 aliphatic heterocycles. The Labute approximate surface area is 196 Å². The molecule has 170 valence electrons. The summed E-state index contributed by atoms with van der Waals surface area (Å²) in [7, 11) is 1.54. The van der Waals surface area contributed by atoms with Crippen molar-refractivity contribution in [2.24, 2.45) is 0 Å². The summed E-state index contributed by atoms with van der Waals surface area (Å²) < 4.78 is 5.15. The minimum absolute atomic E-state index is 0.114. The van der Waals surface area contributed by atoms with Gasteiger partial charge in [0.2, 0.25) is 5.91 Å². The van der Waals surface area contributed by atoms with E-state index in [2.05, 4.69) is 10.6 Å². The maximum atomic E-state index is 12.6. The molecule has 3 aromatic rings. The lowest BCUT2D eigenvalue weighted by Gasteiger charge is -2.14. The molecule has 1 unspecified atom stereocenters. The van der Waals surface area contributed by atoms with Gasteiger partial charge in [0.05, 0.1) is 17.9 Å². The fraction of sp³-hybridized carbons (Fsp3) is 0.160. The summed E-state index contributed by atoms with van der Waals surface area (Å²) in [6.45, 7) is 3.58. The number of hydrogen-bond acceptors (Lipinski definition) is 5. The predicted molar refractivity (Wildman–Crippen MR) is 129 cm³/mol. The monoisotopic (exact) mass is 464 g/mol. The van der Waals surface area contributed by atoms with E-state index in [1.807, 2.05) is 12.1 Å². The summed E-state index contributed by atoms with van der Waals surface area (Å²) in [5.41, 5.74) is 2.48. The molecule has 2 amide bonds. The molecule has 0 bridgehead atoms. The Balaban J connectivity index is 1.60. The fourth-order valence-corrected chi connectivity index (χ4v) is 3.83. The Morgan fingerprint density at radius 2 is 1.67 bits per heavy atom. The summed E-state index contributed by atoms with van der Waals surface area (Å²) in [4.78, 5) is 37.1. The third kappa shape index (κ3) is 6.36. The van der Waals surface area contributed by atoms with Crippen molar-refractivity contribution in [3.63, 3.8) is 0 Å². The number of amides is 2. The molecule has 33 heavy (non-hydrogen) atoms. The number of methoxy groups -OCH3 is 1. The number of nitrogens with one attached hydrogen (secondary N) is 2. The van der Waals surface area contributed by atoms with Crippen LogP contribution in [0.5, 0.6) is 5.75 Å². The molecule has 1 atom stereocenters. The van der Waals surface area contributed by atoms with Crippen LogP contribution in [0.3, 0.4) is 0 Å². The van der Waals surface area contributed by atoms with Crippen molar-refractivity contribution in [3.8, 4) is 5.75 Å². The van der Waals surface area contributed by atoms with Gasteiger partial charge in [-0.25, -0.2) is 4.79 Å². The third-order valence-corrected chi connectivity index (χ3v) is 5.98. The predicted octanol–water partition coefficient (Wildman–Crippen LogP) is 5.07. The zero-order valence-corrected chi connectivity index (χ0v) is 19.2. The first-order valence-corrected chi connectivity index (χ1v) is 11.0. The Morgan fingerprint density at radius 3 is 2.33 bits per heavy atom. The van der Waals surface area contributed by atoms with Crippen LogP contribution in [0.2, 0.25) is 0 Å². The molecule has 0 aliphatic rings. The second kappa shape index (κ2) is 10.7. The summed E-state index contributed by atoms with van der Waals surface area (Å²) >= 11 is 1.36. The molecule has 0 saturated heterocycles. The van der Waals surface area contributed by atoms with Gasteiger partial charge < -0.3 is 20.5 Å². The molecule has 0 saturated carbocycles. The van der Waals surface area contributed by atoms with Crippen LogP contribution < -0.4 is 15.4 Å². The second-order valence-electron chi connectivity index (χ2n) is 7.29. The normalized spacial score (nSPS) is 11.4. The number of aromatic carboxylic acids is 1. The molecule has 0 fully saturated rings. The van der Waals surface area contributed by atoms with E-state index in [0.29, 0.717) is 22.7 Å². The van der Waals surface area contributed by atoms with E-state index in [1.54, 1.807) is 63.4 Å². The molecule has 8 heteroatoms. The lowest BCUT2D eigenvalue weighted by molar-refractivity contribution is -0.115. The molecule has 3 aromatic carbocycles. The number of hydrogen-bond donors (Lipinski definition) is 3. The van der Waals surface area contributed by atoms with E-state index in [0.717, 1.165) is 10.5 Å². The smallest absolute Gasteiger partial charge is 0.335 e. The van der Waals surface area contributed by atoms with Crippen LogP contribution in [0.25, 0.3) is 0 Å². The highest BCUT2D eigenvalue weighted by atomic mass is 32.2. The molecular formula is C25H24N2O5S. The van der Waals surface area contributed by atoms with Gasteiger partial charge in [0.1, 0.15) is 5.75 Å². The van der Waals surface area contributed by atoms with E-state index in [9.17, 15) is 14.4 Å². The first-order valence-electron chi connectivity index (χ1n) is 10.1. The van der Waals surface area contributed by atoms with Gasteiger partial charge in [-0.2, -0.15) is 0 Å². The van der Waals surface area contributed by atoms with Gasteiger partial charge in [0, 0.05) is 21.8 Å². The van der Waals surface area contributed by atoms with E-state index >= 15 is 0 Å². The number of carboxylic acids is 1. The zero-order chi connectivity index (χ0) is 24.0. The quantitative estimate of drug-likeness (QED) is 0.402. The van der Waals surface area contributed by atoms with Gasteiger partial charge in [0.15, 0.2) is 0 Å². The van der Waals surface area contributed by atoms with Gasteiger partial charge in [-0.1, -0.05) is 12.1 Å². The summed E-state index contributed by atoms with van der Waals surface area (Å²) in [5, 5.41) is 14.4. The van der Waals surface area contributed by atoms with Gasteiger partial charge in [-0.05, 0) is 74.0 Å². The highest BCUT2D eigenvalue weighted by Gasteiger charge is 2.17. The Bertz CT molecular complexity index is 1180. The van der Waals surface area contributed by atoms with Crippen molar-refractivity contribution in [3.05, 3.63) is 83.4 Å². The average Bonchev–Trinajstić information content (AvgIpc) is 2.81. The van der Waals surface area contributed by atoms with Crippen LogP contribution in [-0.2, 0) is 4.79 Å². The van der Waals surface area contributed by atoms with Gasteiger partial charge in [-0.3, -0.25) is 9.59 Å². The minimum Gasteiger partial charge on any atom is -0.497 e. The van der Waals surface area contributed by atoms with Crippen molar-refractivity contribution in [2.45, 2.75) is 24.0 Å². The van der Waals surface area contributed by atoms with Crippen molar-refractivity contribution in [1.29, 1.82) is 0 Å². The van der Waals surface area contributed by atoms with Crippen molar-refractivity contribution in [1.82, 2.24) is 0 Å². The Kier molecular flexibility index (Phi) is 7.74. The highest BCUT2D eigenvalue weighted by Crippen LogP contribution is 2.27. The summed E-state index contributed by atoms with van der Waals surface area (Å²) in [6.07, 6.45) is 0. The molecule has 3 rings (SSSR count). The number of ether oxygens (including phenoxy) is 1.